The second kappa shape index (κ2) is 11.4. The SMILES string of the molecule is CCS(=O)(=O)Nc1cc(-c2nnc(C(C)(N)Cc3ccccc3)o2)cc(N(Cc2ccccc2)CC2CC2C)n1. The highest BCUT2D eigenvalue weighted by Crippen LogP contribution is 2.40. The van der Waals surface area contributed by atoms with Gasteiger partial charge in [0, 0.05) is 18.7 Å². The predicted octanol–water partition coefficient (Wildman–Crippen LogP) is 4.97. The van der Waals surface area contributed by atoms with E-state index in [9.17, 15) is 8.42 Å². The third-order valence-corrected chi connectivity index (χ3v) is 8.58. The van der Waals surface area contributed by atoms with Gasteiger partial charge in [0.1, 0.15) is 11.6 Å². The summed E-state index contributed by atoms with van der Waals surface area (Å²) in [5.74, 6) is 2.51. The minimum atomic E-state index is -3.56. The zero-order chi connectivity index (χ0) is 28.3. The molecule has 0 spiro atoms. The summed E-state index contributed by atoms with van der Waals surface area (Å²) < 4.78 is 33.7. The van der Waals surface area contributed by atoms with Crippen molar-refractivity contribution in [2.24, 2.45) is 17.6 Å². The molecule has 10 heteroatoms. The number of aromatic nitrogens is 3. The molecule has 3 atom stereocenters. The fourth-order valence-electron chi connectivity index (χ4n) is 4.73. The van der Waals surface area contributed by atoms with Crippen LogP contribution in [0.5, 0.6) is 0 Å². The lowest BCUT2D eigenvalue weighted by atomic mass is 9.94. The molecule has 0 aliphatic heterocycles. The quantitative estimate of drug-likeness (QED) is 0.249. The van der Waals surface area contributed by atoms with Gasteiger partial charge in [-0.3, -0.25) is 4.72 Å². The lowest BCUT2D eigenvalue weighted by Gasteiger charge is -2.25. The second-order valence-corrected chi connectivity index (χ2v) is 12.9. The largest absolute Gasteiger partial charge is 0.419 e. The van der Waals surface area contributed by atoms with Crippen LogP contribution in [0.4, 0.5) is 11.6 Å². The Hall–Kier alpha value is -3.76. The van der Waals surface area contributed by atoms with Gasteiger partial charge in [0.15, 0.2) is 0 Å². The third kappa shape index (κ3) is 6.86. The van der Waals surface area contributed by atoms with E-state index in [-0.39, 0.29) is 17.5 Å². The molecular formula is C30H36N6O3S. The van der Waals surface area contributed by atoms with Gasteiger partial charge in [-0.05, 0) is 61.8 Å². The van der Waals surface area contributed by atoms with Gasteiger partial charge in [-0.2, -0.15) is 0 Å². The lowest BCUT2D eigenvalue weighted by molar-refractivity contribution is 0.355. The number of nitrogens with zero attached hydrogens (tertiary/aromatic N) is 4. The molecule has 2 aromatic carbocycles. The smallest absolute Gasteiger partial charge is 0.248 e. The molecule has 3 N–H and O–H groups in total. The molecule has 0 amide bonds. The normalized spacial score (nSPS) is 18.2. The molecule has 1 fully saturated rings. The van der Waals surface area contributed by atoms with Crippen molar-refractivity contribution in [2.45, 2.75) is 45.7 Å². The highest BCUT2D eigenvalue weighted by Gasteiger charge is 2.35. The molecule has 5 rings (SSSR count). The summed E-state index contributed by atoms with van der Waals surface area (Å²) in [6, 6.07) is 23.6. The Morgan fingerprint density at radius 2 is 1.70 bits per heavy atom. The number of anilines is 2. The molecule has 1 saturated carbocycles. The second-order valence-electron chi connectivity index (χ2n) is 10.9. The number of nitrogens with one attached hydrogen (secondary N) is 1. The zero-order valence-corrected chi connectivity index (χ0v) is 23.9. The van der Waals surface area contributed by atoms with Crippen LogP contribution < -0.4 is 15.4 Å². The van der Waals surface area contributed by atoms with Gasteiger partial charge in [0.2, 0.25) is 21.8 Å². The van der Waals surface area contributed by atoms with Crippen LogP contribution in [-0.2, 0) is 28.5 Å². The summed E-state index contributed by atoms with van der Waals surface area (Å²) in [5, 5.41) is 8.58. The summed E-state index contributed by atoms with van der Waals surface area (Å²) in [6.45, 7) is 7.12. The first-order chi connectivity index (χ1) is 19.1. The van der Waals surface area contributed by atoms with Gasteiger partial charge in [-0.15, -0.1) is 10.2 Å². The first kappa shape index (κ1) is 27.8. The van der Waals surface area contributed by atoms with Gasteiger partial charge in [-0.25, -0.2) is 13.4 Å². The Morgan fingerprint density at radius 3 is 2.33 bits per heavy atom. The summed E-state index contributed by atoms with van der Waals surface area (Å²) in [5.41, 5.74) is 8.49. The van der Waals surface area contributed by atoms with Crippen molar-refractivity contribution in [3.05, 3.63) is 89.8 Å². The Morgan fingerprint density at radius 1 is 1.05 bits per heavy atom. The molecule has 210 valence electrons. The van der Waals surface area contributed by atoms with Crippen LogP contribution in [-0.4, -0.2) is 35.9 Å². The van der Waals surface area contributed by atoms with E-state index in [0.29, 0.717) is 42.1 Å². The van der Waals surface area contributed by atoms with E-state index in [4.69, 9.17) is 15.1 Å². The minimum absolute atomic E-state index is 0.0721. The highest BCUT2D eigenvalue weighted by molar-refractivity contribution is 7.92. The van der Waals surface area contributed by atoms with Crippen LogP contribution >= 0.6 is 0 Å². The van der Waals surface area contributed by atoms with E-state index < -0.39 is 15.6 Å². The van der Waals surface area contributed by atoms with Crippen molar-refractivity contribution in [1.29, 1.82) is 0 Å². The molecule has 1 aliphatic rings. The first-order valence-corrected chi connectivity index (χ1v) is 15.3. The van der Waals surface area contributed by atoms with E-state index in [0.717, 1.165) is 24.1 Å². The fraction of sp³-hybridized carbons (Fsp3) is 0.367. The molecule has 40 heavy (non-hydrogen) atoms. The van der Waals surface area contributed by atoms with E-state index in [1.807, 2.05) is 61.5 Å². The van der Waals surface area contributed by atoms with Crippen molar-refractivity contribution in [3.63, 3.8) is 0 Å². The van der Waals surface area contributed by atoms with Crippen molar-refractivity contribution in [3.8, 4) is 11.5 Å². The topological polar surface area (TPSA) is 127 Å². The van der Waals surface area contributed by atoms with Gasteiger partial charge in [0.25, 0.3) is 0 Å². The maximum atomic E-state index is 12.5. The predicted molar refractivity (Wildman–Crippen MR) is 157 cm³/mol. The van der Waals surface area contributed by atoms with E-state index in [1.165, 1.54) is 0 Å². The van der Waals surface area contributed by atoms with Crippen LogP contribution in [0.15, 0.2) is 77.2 Å². The Balaban J connectivity index is 1.51. The summed E-state index contributed by atoms with van der Waals surface area (Å²) in [6.07, 6.45) is 1.67. The van der Waals surface area contributed by atoms with Crippen molar-refractivity contribution < 1.29 is 12.8 Å². The summed E-state index contributed by atoms with van der Waals surface area (Å²) in [7, 11) is -3.56. The zero-order valence-electron chi connectivity index (χ0n) is 23.1. The van der Waals surface area contributed by atoms with Crippen LogP contribution in [0.1, 0.15) is 44.2 Å². The Bertz CT molecular complexity index is 1540. The Labute approximate surface area is 235 Å². The number of nitrogens with two attached hydrogens (primary N) is 1. The molecule has 9 nitrogen and oxygen atoms in total. The van der Waals surface area contributed by atoms with Gasteiger partial charge in [-0.1, -0.05) is 67.6 Å². The highest BCUT2D eigenvalue weighted by atomic mass is 32.2. The van der Waals surface area contributed by atoms with E-state index in [2.05, 4.69) is 38.9 Å². The molecule has 1 aliphatic carbocycles. The Kier molecular flexibility index (Phi) is 7.91. The average molecular weight is 561 g/mol. The number of sulfonamides is 1. The maximum Gasteiger partial charge on any atom is 0.248 e. The monoisotopic (exact) mass is 560 g/mol. The number of hydrogen-bond donors (Lipinski definition) is 2. The van der Waals surface area contributed by atoms with Gasteiger partial charge < -0.3 is 15.1 Å². The fourth-order valence-corrected chi connectivity index (χ4v) is 5.30. The van der Waals surface area contributed by atoms with Crippen LogP contribution in [0.3, 0.4) is 0 Å². The lowest BCUT2D eigenvalue weighted by Crippen LogP contribution is -2.35. The molecule has 2 heterocycles. The molecule has 0 radical (unpaired) electrons. The number of benzene rings is 2. The molecule has 0 saturated heterocycles. The molecule has 2 aromatic heterocycles. The standard InChI is InChI=1S/C30H36N6O3S/c1-4-40(37,38)35-26-16-24(28-33-34-29(39-28)30(3,31)18-22-11-7-5-8-12-22)17-27(32-26)36(20-25-15-21(25)2)19-23-13-9-6-10-14-23/h5-14,16-17,21,25H,4,15,18-20,31H2,1-3H3,(H,32,35). The third-order valence-electron chi connectivity index (χ3n) is 7.30. The van der Waals surface area contributed by atoms with Crippen molar-refractivity contribution in [2.75, 3.05) is 21.9 Å². The number of hydrogen-bond acceptors (Lipinski definition) is 8. The number of pyridine rings is 1. The van der Waals surface area contributed by atoms with Gasteiger partial charge >= 0.3 is 0 Å². The van der Waals surface area contributed by atoms with Crippen molar-refractivity contribution >= 4 is 21.7 Å². The summed E-state index contributed by atoms with van der Waals surface area (Å²) >= 11 is 0. The van der Waals surface area contributed by atoms with Crippen LogP contribution in [0.2, 0.25) is 0 Å². The summed E-state index contributed by atoms with van der Waals surface area (Å²) in [4.78, 5) is 6.92. The van der Waals surface area contributed by atoms with Crippen LogP contribution in [0.25, 0.3) is 11.5 Å². The minimum Gasteiger partial charge on any atom is -0.419 e. The molecule has 4 aromatic rings. The molecule has 0 bridgehead atoms. The average Bonchev–Trinajstić information content (AvgIpc) is 3.39. The van der Waals surface area contributed by atoms with E-state index in [1.54, 1.807) is 13.0 Å². The first-order valence-electron chi connectivity index (χ1n) is 13.6. The number of rotatable bonds is 12. The van der Waals surface area contributed by atoms with Crippen molar-refractivity contribution in [1.82, 2.24) is 15.2 Å². The van der Waals surface area contributed by atoms with E-state index >= 15 is 0 Å². The van der Waals surface area contributed by atoms with Crippen LogP contribution in [0, 0.1) is 11.8 Å². The maximum absolute atomic E-state index is 12.5. The van der Waals surface area contributed by atoms with Gasteiger partial charge in [0.05, 0.1) is 11.3 Å². The molecule has 3 unspecified atom stereocenters. The molecular weight excluding hydrogens is 524 g/mol.